The van der Waals surface area contributed by atoms with Crippen molar-refractivity contribution in [2.75, 3.05) is 45.8 Å². The van der Waals surface area contributed by atoms with Crippen molar-refractivity contribution < 1.29 is 14.3 Å². The Morgan fingerprint density at radius 3 is 2.59 bits per heavy atom. The third kappa shape index (κ3) is 4.32. The minimum Gasteiger partial charge on any atom is -0.373 e. The summed E-state index contributed by atoms with van der Waals surface area (Å²) in [4.78, 5) is 32.3. The topological polar surface area (TPSA) is 53.1 Å². The number of carbonyl (C=O) groups excluding carboxylic acids is 2. The van der Waals surface area contributed by atoms with E-state index in [2.05, 4.69) is 23.6 Å². The lowest BCUT2D eigenvalue weighted by atomic mass is 9.78. The number of morpholine rings is 1. The Labute approximate surface area is 163 Å². The number of ether oxygens (including phenoxy) is 1. The molecule has 4 aliphatic rings. The number of amides is 2. The van der Waals surface area contributed by atoms with Crippen LogP contribution < -0.4 is 0 Å². The highest BCUT2D eigenvalue weighted by Crippen LogP contribution is 2.41. The molecule has 0 aromatic rings. The lowest BCUT2D eigenvalue weighted by molar-refractivity contribution is -0.146. The van der Waals surface area contributed by atoms with Crippen LogP contribution in [0, 0.1) is 11.3 Å². The molecule has 0 N–H and O–H groups in total. The quantitative estimate of drug-likeness (QED) is 0.732. The minimum atomic E-state index is -0.287. The molecule has 6 nitrogen and oxygen atoms in total. The standard InChI is InChI=1S/C21H35N3O3/c1-16-12-22(13-17(2)27-16)10-6-19(25)24-11-8-21(15-24)7-3-9-23(20(21)26)14-18-4-5-18/h16-18H,3-15H2,1-2H3/t16-,17+,21-/m1/s1. The van der Waals surface area contributed by atoms with E-state index < -0.39 is 0 Å². The molecule has 0 aromatic carbocycles. The van der Waals surface area contributed by atoms with Crippen molar-refractivity contribution in [3.8, 4) is 0 Å². The Hall–Kier alpha value is -1.14. The van der Waals surface area contributed by atoms with Gasteiger partial charge in [0.2, 0.25) is 11.8 Å². The van der Waals surface area contributed by atoms with Crippen LogP contribution in [0.1, 0.15) is 52.4 Å². The Kier molecular flexibility index (Phi) is 5.48. The predicted molar refractivity (Wildman–Crippen MR) is 103 cm³/mol. The fourth-order valence-electron chi connectivity index (χ4n) is 5.28. The first-order chi connectivity index (χ1) is 12.9. The lowest BCUT2D eigenvalue weighted by Crippen LogP contribution is -2.51. The van der Waals surface area contributed by atoms with Crippen LogP contribution in [0.5, 0.6) is 0 Å². The number of piperidine rings is 1. The summed E-state index contributed by atoms with van der Waals surface area (Å²) in [6, 6.07) is 0. The zero-order chi connectivity index (χ0) is 19.0. The number of hydrogen-bond donors (Lipinski definition) is 0. The van der Waals surface area contributed by atoms with Crippen molar-refractivity contribution in [1.82, 2.24) is 14.7 Å². The molecule has 27 heavy (non-hydrogen) atoms. The van der Waals surface area contributed by atoms with E-state index in [1.54, 1.807) is 0 Å². The molecule has 6 heteroatoms. The molecule has 0 aromatic heterocycles. The van der Waals surface area contributed by atoms with Gasteiger partial charge in [0.25, 0.3) is 0 Å². The van der Waals surface area contributed by atoms with Crippen molar-refractivity contribution in [3.05, 3.63) is 0 Å². The summed E-state index contributed by atoms with van der Waals surface area (Å²) < 4.78 is 5.77. The van der Waals surface area contributed by atoms with Crippen LogP contribution in [0.3, 0.4) is 0 Å². The van der Waals surface area contributed by atoms with Gasteiger partial charge in [0, 0.05) is 52.2 Å². The van der Waals surface area contributed by atoms with Gasteiger partial charge in [-0.25, -0.2) is 0 Å². The average molecular weight is 378 g/mol. The van der Waals surface area contributed by atoms with E-state index in [1.807, 2.05) is 4.90 Å². The highest BCUT2D eigenvalue weighted by atomic mass is 16.5. The largest absolute Gasteiger partial charge is 0.373 e. The molecule has 3 saturated heterocycles. The van der Waals surface area contributed by atoms with E-state index in [9.17, 15) is 9.59 Å². The van der Waals surface area contributed by atoms with E-state index in [4.69, 9.17) is 4.74 Å². The van der Waals surface area contributed by atoms with Crippen molar-refractivity contribution >= 4 is 11.8 Å². The molecule has 0 bridgehead atoms. The molecule has 2 amide bonds. The molecule has 1 spiro atoms. The van der Waals surface area contributed by atoms with E-state index >= 15 is 0 Å². The number of likely N-dealkylation sites (tertiary alicyclic amines) is 2. The van der Waals surface area contributed by atoms with Gasteiger partial charge in [-0.2, -0.15) is 0 Å². The summed E-state index contributed by atoms with van der Waals surface area (Å²) in [6.07, 6.45) is 6.46. The SMILES string of the molecule is C[C@@H]1CN(CCC(=O)N2CC[C@]3(CCCN(CC4CC4)C3=O)C2)C[C@H](C)O1. The second-order valence-electron chi connectivity index (χ2n) is 9.41. The normalized spacial score (nSPS) is 35.3. The number of rotatable bonds is 5. The fourth-order valence-corrected chi connectivity index (χ4v) is 5.28. The monoisotopic (exact) mass is 377 g/mol. The Morgan fingerprint density at radius 2 is 1.89 bits per heavy atom. The fraction of sp³-hybridized carbons (Fsp3) is 0.905. The van der Waals surface area contributed by atoms with Crippen molar-refractivity contribution in [2.24, 2.45) is 11.3 Å². The van der Waals surface area contributed by atoms with Crippen LogP contribution in [-0.4, -0.2) is 84.5 Å². The molecule has 0 unspecified atom stereocenters. The van der Waals surface area contributed by atoms with Gasteiger partial charge in [-0.3, -0.25) is 14.5 Å². The Balaban J connectivity index is 1.29. The molecule has 0 radical (unpaired) electrons. The van der Waals surface area contributed by atoms with Crippen molar-refractivity contribution in [3.63, 3.8) is 0 Å². The predicted octanol–water partition coefficient (Wildman–Crippen LogP) is 1.74. The molecule has 4 fully saturated rings. The van der Waals surface area contributed by atoms with Gasteiger partial charge in [0.1, 0.15) is 0 Å². The molecular weight excluding hydrogens is 342 g/mol. The third-order valence-corrected chi connectivity index (χ3v) is 6.84. The van der Waals surface area contributed by atoms with Crippen molar-refractivity contribution in [2.45, 2.75) is 64.6 Å². The second-order valence-corrected chi connectivity index (χ2v) is 9.41. The molecule has 1 aliphatic carbocycles. The molecule has 1 saturated carbocycles. The Morgan fingerprint density at radius 1 is 1.15 bits per heavy atom. The molecule has 152 valence electrons. The van der Waals surface area contributed by atoms with Gasteiger partial charge in [0.05, 0.1) is 17.6 Å². The highest BCUT2D eigenvalue weighted by molar-refractivity contribution is 5.86. The number of hydrogen-bond acceptors (Lipinski definition) is 4. The number of carbonyl (C=O) groups is 2. The Bertz CT molecular complexity index is 569. The molecular formula is C21H35N3O3. The first-order valence-corrected chi connectivity index (χ1v) is 10.9. The van der Waals surface area contributed by atoms with E-state index in [0.29, 0.717) is 18.9 Å². The van der Waals surface area contributed by atoms with Gasteiger partial charge < -0.3 is 14.5 Å². The van der Waals surface area contributed by atoms with E-state index in [-0.39, 0.29) is 23.5 Å². The molecule has 3 heterocycles. The number of nitrogens with zero attached hydrogens (tertiary/aromatic N) is 3. The van der Waals surface area contributed by atoms with Crippen LogP contribution in [-0.2, 0) is 14.3 Å². The average Bonchev–Trinajstić information content (AvgIpc) is 3.34. The molecule has 4 rings (SSSR count). The summed E-state index contributed by atoms with van der Waals surface area (Å²) >= 11 is 0. The zero-order valence-electron chi connectivity index (χ0n) is 17.0. The molecule has 3 atom stereocenters. The summed E-state index contributed by atoms with van der Waals surface area (Å²) in [5.74, 6) is 1.28. The van der Waals surface area contributed by atoms with Gasteiger partial charge in [-0.1, -0.05) is 0 Å². The molecule has 3 aliphatic heterocycles. The first-order valence-electron chi connectivity index (χ1n) is 10.9. The first kappa shape index (κ1) is 19.2. The second kappa shape index (κ2) is 7.70. The van der Waals surface area contributed by atoms with Gasteiger partial charge in [-0.05, 0) is 51.9 Å². The maximum atomic E-state index is 13.1. The van der Waals surface area contributed by atoms with Gasteiger partial charge >= 0.3 is 0 Å². The third-order valence-electron chi connectivity index (χ3n) is 6.84. The van der Waals surface area contributed by atoms with E-state index in [0.717, 1.165) is 64.4 Å². The zero-order valence-corrected chi connectivity index (χ0v) is 17.0. The smallest absolute Gasteiger partial charge is 0.230 e. The van der Waals surface area contributed by atoms with E-state index in [1.165, 1.54) is 12.8 Å². The maximum absolute atomic E-state index is 13.1. The highest BCUT2D eigenvalue weighted by Gasteiger charge is 2.49. The van der Waals surface area contributed by atoms with Crippen LogP contribution in [0.4, 0.5) is 0 Å². The van der Waals surface area contributed by atoms with Gasteiger partial charge in [0.15, 0.2) is 0 Å². The minimum absolute atomic E-state index is 0.214. The summed E-state index contributed by atoms with van der Waals surface area (Å²) in [6.45, 7) is 10.0. The summed E-state index contributed by atoms with van der Waals surface area (Å²) in [5, 5.41) is 0. The summed E-state index contributed by atoms with van der Waals surface area (Å²) in [5.41, 5.74) is -0.287. The summed E-state index contributed by atoms with van der Waals surface area (Å²) in [7, 11) is 0. The van der Waals surface area contributed by atoms with Gasteiger partial charge in [-0.15, -0.1) is 0 Å². The van der Waals surface area contributed by atoms with Crippen LogP contribution in [0.2, 0.25) is 0 Å². The maximum Gasteiger partial charge on any atom is 0.230 e. The van der Waals surface area contributed by atoms with Crippen LogP contribution in [0.15, 0.2) is 0 Å². The van der Waals surface area contributed by atoms with Crippen molar-refractivity contribution in [1.29, 1.82) is 0 Å². The van der Waals surface area contributed by atoms with Crippen LogP contribution in [0.25, 0.3) is 0 Å². The van der Waals surface area contributed by atoms with Crippen LogP contribution >= 0.6 is 0 Å². The lowest BCUT2D eigenvalue weighted by Gasteiger charge is -2.39.